The normalized spacial score (nSPS) is 13.7. The number of carbonyl (C=O) groups is 1. The van der Waals surface area contributed by atoms with Crippen molar-refractivity contribution in [3.63, 3.8) is 0 Å². The van der Waals surface area contributed by atoms with Crippen LogP contribution in [0.3, 0.4) is 0 Å². The smallest absolute Gasteiger partial charge is 0.291 e. The first-order valence-electron chi connectivity index (χ1n) is 10.5. The molecule has 4 rings (SSSR count). The maximum atomic E-state index is 12.6. The number of para-hydroxylation sites is 1. The molecule has 1 aromatic heterocycles. The van der Waals surface area contributed by atoms with Crippen molar-refractivity contribution in [3.05, 3.63) is 66.1 Å². The van der Waals surface area contributed by atoms with Gasteiger partial charge in [0.15, 0.2) is 0 Å². The number of rotatable bonds is 7. The average Bonchev–Trinajstić information content (AvgIpc) is 2.89. The predicted molar refractivity (Wildman–Crippen MR) is 125 cm³/mol. The molecular weight excluding hydrogens is 422 g/mol. The molecule has 9 nitrogen and oxygen atoms in total. The molecule has 0 atom stereocenters. The Balaban J connectivity index is 1.51. The minimum absolute atomic E-state index is 0.171. The monoisotopic (exact) mass is 447 g/mol. The number of nitrogens with one attached hydrogen (secondary N) is 1. The van der Waals surface area contributed by atoms with Crippen molar-refractivity contribution < 1.29 is 19.0 Å². The summed E-state index contributed by atoms with van der Waals surface area (Å²) in [7, 11) is 3.14. The Labute approximate surface area is 192 Å². The van der Waals surface area contributed by atoms with Crippen LogP contribution in [0.1, 0.15) is 16.1 Å². The van der Waals surface area contributed by atoms with Crippen molar-refractivity contribution in [2.45, 2.75) is 0 Å². The van der Waals surface area contributed by atoms with E-state index in [4.69, 9.17) is 14.2 Å². The van der Waals surface area contributed by atoms with Gasteiger partial charge in [-0.25, -0.2) is 10.4 Å². The summed E-state index contributed by atoms with van der Waals surface area (Å²) in [4.78, 5) is 23.7. The summed E-state index contributed by atoms with van der Waals surface area (Å²) in [5.74, 6) is 0.790. The van der Waals surface area contributed by atoms with Crippen molar-refractivity contribution in [1.82, 2.24) is 15.4 Å². The minimum atomic E-state index is -0.459. The first kappa shape index (κ1) is 22.2. The minimum Gasteiger partial charge on any atom is -0.497 e. The number of hydrogen-bond acceptors (Lipinski definition) is 8. The number of hydrogen-bond donors (Lipinski definition) is 1. The van der Waals surface area contributed by atoms with Crippen LogP contribution < -0.4 is 19.8 Å². The fraction of sp³-hybridized carbons (Fsp3) is 0.250. The lowest BCUT2D eigenvalue weighted by Crippen LogP contribution is -2.36. The van der Waals surface area contributed by atoms with E-state index in [0.29, 0.717) is 36.0 Å². The SMILES string of the molecule is COc1cc(/C=N/NC(=O)c2cncc(-c3ccccc3N3CCOCC3)n2)cc(OC)c1. The second-order valence-electron chi connectivity index (χ2n) is 7.25. The second kappa shape index (κ2) is 10.6. The third-order valence-corrected chi connectivity index (χ3v) is 5.15. The first-order chi connectivity index (χ1) is 16.2. The molecule has 3 aromatic rings. The topological polar surface area (TPSA) is 98.2 Å². The van der Waals surface area contributed by atoms with Gasteiger partial charge in [-0.1, -0.05) is 18.2 Å². The number of carbonyl (C=O) groups excluding carboxylic acids is 1. The van der Waals surface area contributed by atoms with Gasteiger partial charge in [-0.3, -0.25) is 9.78 Å². The number of benzene rings is 2. The zero-order valence-electron chi connectivity index (χ0n) is 18.5. The molecule has 0 radical (unpaired) electrons. The largest absolute Gasteiger partial charge is 0.497 e. The molecule has 1 fully saturated rings. The van der Waals surface area contributed by atoms with Crippen LogP contribution in [-0.4, -0.2) is 62.6 Å². The number of anilines is 1. The molecule has 1 amide bonds. The Hall–Kier alpha value is -3.98. The molecule has 9 heteroatoms. The van der Waals surface area contributed by atoms with Crippen molar-refractivity contribution in [1.29, 1.82) is 0 Å². The number of hydrazone groups is 1. The Bertz CT molecular complexity index is 1120. The lowest BCUT2D eigenvalue weighted by molar-refractivity contribution is 0.0950. The summed E-state index contributed by atoms with van der Waals surface area (Å²) in [5.41, 5.74) is 5.95. The molecule has 2 heterocycles. The van der Waals surface area contributed by atoms with Crippen LogP contribution in [0.25, 0.3) is 11.3 Å². The molecule has 1 aliphatic heterocycles. The maximum absolute atomic E-state index is 12.6. The fourth-order valence-corrected chi connectivity index (χ4v) is 3.50. The summed E-state index contributed by atoms with van der Waals surface area (Å²) in [6, 6.07) is 13.3. The fourth-order valence-electron chi connectivity index (χ4n) is 3.50. The Morgan fingerprint density at radius 2 is 1.82 bits per heavy atom. The summed E-state index contributed by atoms with van der Waals surface area (Å²) >= 11 is 0. The highest BCUT2D eigenvalue weighted by atomic mass is 16.5. The van der Waals surface area contributed by atoms with Gasteiger partial charge >= 0.3 is 0 Å². The highest BCUT2D eigenvalue weighted by Crippen LogP contribution is 2.29. The Morgan fingerprint density at radius 3 is 2.55 bits per heavy atom. The van der Waals surface area contributed by atoms with Crippen LogP contribution in [0.2, 0.25) is 0 Å². The summed E-state index contributed by atoms with van der Waals surface area (Å²) in [6.07, 6.45) is 4.58. The van der Waals surface area contributed by atoms with Crippen LogP contribution in [0, 0.1) is 0 Å². The van der Waals surface area contributed by atoms with Crippen LogP contribution in [0.4, 0.5) is 5.69 Å². The Kier molecular flexibility index (Phi) is 7.11. The van der Waals surface area contributed by atoms with Crippen molar-refractivity contribution >= 4 is 17.8 Å². The lowest BCUT2D eigenvalue weighted by atomic mass is 10.1. The van der Waals surface area contributed by atoms with E-state index in [1.165, 1.54) is 12.4 Å². The number of nitrogens with zero attached hydrogens (tertiary/aromatic N) is 4. The van der Waals surface area contributed by atoms with E-state index in [2.05, 4.69) is 25.4 Å². The van der Waals surface area contributed by atoms with E-state index < -0.39 is 5.91 Å². The van der Waals surface area contributed by atoms with E-state index in [1.807, 2.05) is 24.3 Å². The standard InChI is InChI=1S/C24H25N5O4/c1-31-18-11-17(12-19(13-18)32-2)14-26-28-24(30)22-16-25-15-21(27-22)20-5-3-4-6-23(20)29-7-9-33-10-8-29/h3-6,11-16H,7-10H2,1-2H3,(H,28,30)/b26-14+. The van der Waals surface area contributed by atoms with Gasteiger partial charge in [-0.15, -0.1) is 0 Å². The molecule has 33 heavy (non-hydrogen) atoms. The number of amides is 1. The second-order valence-corrected chi connectivity index (χ2v) is 7.25. The van der Waals surface area contributed by atoms with Crippen molar-refractivity contribution in [2.75, 3.05) is 45.4 Å². The zero-order chi connectivity index (χ0) is 23.0. The van der Waals surface area contributed by atoms with Crippen LogP contribution >= 0.6 is 0 Å². The zero-order valence-corrected chi connectivity index (χ0v) is 18.5. The lowest BCUT2D eigenvalue weighted by Gasteiger charge is -2.30. The van der Waals surface area contributed by atoms with E-state index in [1.54, 1.807) is 38.6 Å². The molecule has 1 N–H and O–H groups in total. The van der Waals surface area contributed by atoms with Gasteiger partial charge in [0.05, 0.1) is 51.7 Å². The third-order valence-electron chi connectivity index (χ3n) is 5.15. The summed E-state index contributed by atoms with van der Waals surface area (Å²) in [6.45, 7) is 2.96. The predicted octanol–water partition coefficient (Wildman–Crippen LogP) is 2.76. The number of methoxy groups -OCH3 is 2. The highest BCUT2D eigenvalue weighted by molar-refractivity contribution is 5.93. The van der Waals surface area contributed by atoms with Crippen LogP contribution in [-0.2, 0) is 4.74 Å². The number of morpholine rings is 1. The summed E-state index contributed by atoms with van der Waals surface area (Å²) < 4.78 is 16.0. The van der Waals surface area contributed by atoms with Gasteiger partial charge in [-0.2, -0.15) is 5.10 Å². The molecule has 0 bridgehead atoms. The van der Waals surface area contributed by atoms with Gasteiger partial charge in [0.25, 0.3) is 5.91 Å². The van der Waals surface area contributed by atoms with Crippen LogP contribution in [0.15, 0.2) is 60.0 Å². The van der Waals surface area contributed by atoms with Gasteiger partial charge in [-0.05, 0) is 18.2 Å². The van der Waals surface area contributed by atoms with E-state index in [9.17, 15) is 4.79 Å². The molecule has 170 valence electrons. The third kappa shape index (κ3) is 5.45. The first-order valence-corrected chi connectivity index (χ1v) is 10.5. The molecule has 0 unspecified atom stereocenters. The molecule has 1 aliphatic rings. The van der Waals surface area contributed by atoms with Gasteiger partial charge < -0.3 is 19.1 Å². The molecule has 1 saturated heterocycles. The van der Waals surface area contributed by atoms with Crippen molar-refractivity contribution in [3.8, 4) is 22.8 Å². The van der Waals surface area contributed by atoms with Gasteiger partial charge in [0, 0.05) is 36.0 Å². The average molecular weight is 447 g/mol. The molecule has 0 saturated carbocycles. The molecular formula is C24H25N5O4. The molecule has 0 spiro atoms. The summed E-state index contributed by atoms with van der Waals surface area (Å²) in [5, 5.41) is 4.04. The van der Waals surface area contributed by atoms with E-state index >= 15 is 0 Å². The highest BCUT2D eigenvalue weighted by Gasteiger charge is 2.17. The number of aromatic nitrogens is 2. The van der Waals surface area contributed by atoms with E-state index in [0.717, 1.165) is 24.3 Å². The molecule has 0 aliphatic carbocycles. The van der Waals surface area contributed by atoms with Crippen molar-refractivity contribution in [2.24, 2.45) is 5.10 Å². The van der Waals surface area contributed by atoms with Crippen LogP contribution in [0.5, 0.6) is 11.5 Å². The quantitative estimate of drug-likeness (QED) is 0.439. The molecule has 2 aromatic carbocycles. The van der Waals surface area contributed by atoms with Gasteiger partial charge in [0.2, 0.25) is 0 Å². The van der Waals surface area contributed by atoms with Gasteiger partial charge in [0.1, 0.15) is 17.2 Å². The Morgan fingerprint density at radius 1 is 1.09 bits per heavy atom. The number of ether oxygens (including phenoxy) is 3. The van der Waals surface area contributed by atoms with E-state index in [-0.39, 0.29) is 5.69 Å². The maximum Gasteiger partial charge on any atom is 0.291 e.